The quantitative estimate of drug-likeness (QED) is 0.394. The van der Waals surface area contributed by atoms with Crippen LogP contribution in [-0.2, 0) is 0 Å². The van der Waals surface area contributed by atoms with Gasteiger partial charge in [-0.3, -0.25) is 0 Å². The standard InChI is InChI=1S/C29H24O/c30-27(21-28(23-13-5-1-6-14-23)24-15-7-2-8-16-24)22-29(25-17-9-3-10-18-25)26-19-11-4-12-20-26/h1-22,27,30H. The van der Waals surface area contributed by atoms with E-state index in [4.69, 9.17) is 0 Å². The maximum atomic E-state index is 11.1. The van der Waals surface area contributed by atoms with Gasteiger partial charge in [0.25, 0.3) is 0 Å². The average molecular weight is 389 g/mol. The van der Waals surface area contributed by atoms with Gasteiger partial charge in [0.1, 0.15) is 0 Å². The molecule has 0 amide bonds. The van der Waals surface area contributed by atoms with Gasteiger partial charge in [-0.2, -0.15) is 0 Å². The highest BCUT2D eigenvalue weighted by Gasteiger charge is 2.10. The van der Waals surface area contributed by atoms with E-state index >= 15 is 0 Å². The van der Waals surface area contributed by atoms with Gasteiger partial charge in [0.05, 0.1) is 6.10 Å². The Labute approximate surface area is 178 Å². The third kappa shape index (κ3) is 4.83. The van der Waals surface area contributed by atoms with E-state index < -0.39 is 6.10 Å². The normalized spacial score (nSPS) is 10.5. The van der Waals surface area contributed by atoms with Crippen LogP contribution < -0.4 is 0 Å². The molecule has 0 aromatic heterocycles. The van der Waals surface area contributed by atoms with Crippen LogP contribution in [0, 0.1) is 0 Å². The summed E-state index contributed by atoms with van der Waals surface area (Å²) in [4.78, 5) is 0. The maximum absolute atomic E-state index is 11.1. The lowest BCUT2D eigenvalue weighted by atomic mass is 9.93. The van der Waals surface area contributed by atoms with Crippen molar-refractivity contribution in [2.45, 2.75) is 6.10 Å². The molecule has 0 aliphatic carbocycles. The van der Waals surface area contributed by atoms with Crippen molar-refractivity contribution < 1.29 is 5.11 Å². The first-order valence-electron chi connectivity index (χ1n) is 10.1. The van der Waals surface area contributed by atoms with Gasteiger partial charge in [-0.1, -0.05) is 121 Å². The predicted octanol–water partition coefficient (Wildman–Crippen LogP) is 6.61. The van der Waals surface area contributed by atoms with Crippen LogP contribution in [0.1, 0.15) is 22.3 Å². The molecule has 0 spiro atoms. The van der Waals surface area contributed by atoms with Gasteiger partial charge in [-0.15, -0.1) is 0 Å². The summed E-state index contributed by atoms with van der Waals surface area (Å²) in [6.07, 6.45) is 3.11. The highest BCUT2D eigenvalue weighted by molar-refractivity contribution is 5.83. The summed E-state index contributed by atoms with van der Waals surface area (Å²) >= 11 is 0. The van der Waals surface area contributed by atoms with E-state index in [0.29, 0.717) is 0 Å². The van der Waals surface area contributed by atoms with E-state index in [0.717, 1.165) is 33.4 Å². The van der Waals surface area contributed by atoms with Crippen LogP contribution >= 0.6 is 0 Å². The molecule has 0 unspecified atom stereocenters. The molecule has 0 saturated carbocycles. The Morgan fingerprint density at radius 2 is 0.667 bits per heavy atom. The maximum Gasteiger partial charge on any atom is 0.0920 e. The molecular weight excluding hydrogens is 364 g/mol. The Bertz CT molecular complexity index is 936. The van der Waals surface area contributed by atoms with Crippen LogP contribution in [0.15, 0.2) is 133 Å². The largest absolute Gasteiger partial charge is 0.385 e. The second kappa shape index (κ2) is 9.69. The molecule has 0 aliphatic heterocycles. The summed E-state index contributed by atoms with van der Waals surface area (Å²) in [5.74, 6) is 0. The van der Waals surface area contributed by atoms with Crippen LogP contribution in [0.4, 0.5) is 0 Å². The minimum Gasteiger partial charge on any atom is -0.385 e. The van der Waals surface area contributed by atoms with E-state index in [9.17, 15) is 5.11 Å². The van der Waals surface area contributed by atoms with Crippen LogP contribution in [0.3, 0.4) is 0 Å². The number of benzene rings is 4. The molecule has 0 bridgehead atoms. The summed E-state index contributed by atoms with van der Waals surface area (Å²) < 4.78 is 0. The molecule has 1 N–H and O–H groups in total. The molecule has 0 heterocycles. The highest BCUT2D eigenvalue weighted by Crippen LogP contribution is 2.27. The third-order valence-corrected chi connectivity index (χ3v) is 5.01. The van der Waals surface area contributed by atoms with Crippen LogP contribution in [-0.4, -0.2) is 11.2 Å². The van der Waals surface area contributed by atoms with Crippen molar-refractivity contribution in [1.82, 2.24) is 0 Å². The van der Waals surface area contributed by atoms with Crippen molar-refractivity contribution in [2.75, 3.05) is 0 Å². The molecule has 0 atom stereocenters. The summed E-state index contributed by atoms with van der Waals surface area (Å²) in [6.45, 7) is 0. The van der Waals surface area contributed by atoms with Crippen molar-refractivity contribution in [3.63, 3.8) is 0 Å². The number of rotatable bonds is 6. The second-order valence-corrected chi connectivity index (χ2v) is 7.12. The van der Waals surface area contributed by atoms with Gasteiger partial charge in [0.15, 0.2) is 0 Å². The van der Waals surface area contributed by atoms with Gasteiger partial charge in [0, 0.05) is 0 Å². The smallest absolute Gasteiger partial charge is 0.0920 e. The first-order valence-corrected chi connectivity index (χ1v) is 10.1. The van der Waals surface area contributed by atoms with E-state index in [-0.39, 0.29) is 0 Å². The minimum atomic E-state index is -0.740. The Balaban J connectivity index is 1.79. The topological polar surface area (TPSA) is 20.2 Å². The lowest BCUT2D eigenvalue weighted by Crippen LogP contribution is -2.03. The van der Waals surface area contributed by atoms with Crippen LogP contribution in [0.25, 0.3) is 11.1 Å². The minimum absolute atomic E-state index is 0.740. The Kier molecular flexibility index (Phi) is 6.34. The predicted molar refractivity (Wildman–Crippen MR) is 126 cm³/mol. The van der Waals surface area contributed by atoms with Crippen molar-refractivity contribution in [2.24, 2.45) is 0 Å². The van der Waals surface area contributed by atoms with E-state index in [2.05, 4.69) is 48.5 Å². The lowest BCUT2D eigenvalue weighted by Gasteiger charge is -2.13. The Morgan fingerprint density at radius 3 is 0.900 bits per heavy atom. The number of hydrogen-bond acceptors (Lipinski definition) is 1. The van der Waals surface area contributed by atoms with Gasteiger partial charge in [-0.25, -0.2) is 0 Å². The average Bonchev–Trinajstić information content (AvgIpc) is 2.83. The zero-order valence-electron chi connectivity index (χ0n) is 16.7. The molecule has 4 aromatic rings. The van der Waals surface area contributed by atoms with Gasteiger partial charge >= 0.3 is 0 Å². The van der Waals surface area contributed by atoms with Gasteiger partial charge < -0.3 is 5.11 Å². The molecule has 146 valence electrons. The summed E-state index contributed by atoms with van der Waals surface area (Å²) in [6, 6.07) is 40.8. The van der Waals surface area contributed by atoms with Crippen molar-refractivity contribution in [3.8, 4) is 0 Å². The molecule has 4 rings (SSSR count). The number of hydrogen-bond donors (Lipinski definition) is 1. The Hall–Kier alpha value is -3.68. The molecule has 30 heavy (non-hydrogen) atoms. The third-order valence-electron chi connectivity index (χ3n) is 5.01. The zero-order chi connectivity index (χ0) is 20.6. The van der Waals surface area contributed by atoms with Crippen molar-refractivity contribution in [3.05, 3.63) is 156 Å². The summed E-state index contributed by atoms with van der Waals surface area (Å²) in [5, 5.41) is 11.1. The first kappa shape index (κ1) is 19.6. The molecule has 0 aliphatic rings. The molecule has 1 nitrogen and oxygen atoms in total. The second-order valence-electron chi connectivity index (χ2n) is 7.12. The zero-order valence-corrected chi connectivity index (χ0v) is 16.7. The first-order chi connectivity index (χ1) is 14.8. The van der Waals surface area contributed by atoms with E-state index in [1.54, 1.807) is 0 Å². The van der Waals surface area contributed by atoms with E-state index in [1.165, 1.54) is 0 Å². The van der Waals surface area contributed by atoms with E-state index in [1.807, 2.05) is 84.9 Å². The number of aliphatic hydroxyl groups is 1. The fourth-order valence-corrected chi connectivity index (χ4v) is 3.58. The Morgan fingerprint density at radius 1 is 0.433 bits per heavy atom. The van der Waals surface area contributed by atoms with Crippen LogP contribution in [0.2, 0.25) is 0 Å². The fraction of sp³-hybridized carbons (Fsp3) is 0.0345. The highest BCUT2D eigenvalue weighted by atomic mass is 16.3. The van der Waals surface area contributed by atoms with Gasteiger partial charge in [-0.05, 0) is 45.6 Å². The van der Waals surface area contributed by atoms with Crippen molar-refractivity contribution in [1.29, 1.82) is 0 Å². The molecule has 0 fully saturated rings. The molecule has 0 radical (unpaired) electrons. The molecular formula is C29H24O. The lowest BCUT2D eigenvalue weighted by molar-refractivity contribution is 0.272. The molecule has 1 heteroatoms. The summed E-state index contributed by atoms with van der Waals surface area (Å²) in [7, 11) is 0. The SMILES string of the molecule is OC(C=C(c1ccccc1)c1ccccc1)C=C(c1ccccc1)c1ccccc1. The molecule has 0 saturated heterocycles. The molecule has 4 aromatic carbocycles. The summed E-state index contributed by atoms with van der Waals surface area (Å²) in [5.41, 5.74) is 6.35. The number of aliphatic hydroxyl groups excluding tert-OH is 1. The fourth-order valence-electron chi connectivity index (χ4n) is 3.58. The van der Waals surface area contributed by atoms with Crippen LogP contribution in [0.5, 0.6) is 0 Å². The monoisotopic (exact) mass is 388 g/mol. The van der Waals surface area contributed by atoms with Crippen molar-refractivity contribution >= 4 is 11.1 Å². The van der Waals surface area contributed by atoms with Gasteiger partial charge in [0.2, 0.25) is 0 Å².